The molecule has 0 saturated heterocycles. The van der Waals surface area contributed by atoms with Crippen LogP contribution in [0.1, 0.15) is 38.7 Å². The van der Waals surface area contributed by atoms with Gasteiger partial charge in [-0.3, -0.25) is 19.2 Å². The number of nitrogens with one attached hydrogen (secondary N) is 3. The number of amides is 3. The normalized spacial score (nSPS) is 14.2. The van der Waals surface area contributed by atoms with Crippen molar-refractivity contribution >= 4 is 42.3 Å². The van der Waals surface area contributed by atoms with Gasteiger partial charge >= 0.3 is 11.9 Å². The summed E-state index contributed by atoms with van der Waals surface area (Å²) in [5.74, 6) is -4.77. The second-order valence-corrected chi connectivity index (χ2v) is 9.11. The number of phenols is 1. The number of carboxylic acid groups (broad SMARTS) is 2. The predicted octanol–water partition coefficient (Wildman–Crippen LogP) is -0.358. The molecule has 0 aromatic heterocycles. The Bertz CT molecular complexity index is 925. The first-order chi connectivity index (χ1) is 16.8. The van der Waals surface area contributed by atoms with Crippen LogP contribution in [0.4, 0.5) is 0 Å². The van der Waals surface area contributed by atoms with Gasteiger partial charge < -0.3 is 37.0 Å². The van der Waals surface area contributed by atoms with Crippen molar-refractivity contribution in [1.29, 1.82) is 0 Å². The van der Waals surface area contributed by atoms with Gasteiger partial charge in [-0.05, 0) is 36.5 Å². The number of thiol groups is 1. The highest BCUT2D eigenvalue weighted by atomic mass is 32.1. The van der Waals surface area contributed by atoms with Crippen LogP contribution in [0.3, 0.4) is 0 Å². The quantitative estimate of drug-likeness (QED) is 0.140. The molecule has 0 aliphatic rings. The molecule has 0 radical (unpaired) electrons. The molecule has 4 unspecified atom stereocenters. The Morgan fingerprint density at radius 3 is 1.92 bits per heavy atom. The van der Waals surface area contributed by atoms with Crippen LogP contribution in [-0.4, -0.2) is 74.9 Å². The molecule has 200 valence electrons. The second kappa shape index (κ2) is 14.9. The largest absolute Gasteiger partial charge is 0.508 e. The Morgan fingerprint density at radius 2 is 1.42 bits per heavy atom. The SMILES string of the molecule is CC(C)CC(NC(=O)C(CS)NC(=O)C(Cc1ccc(O)cc1)NC(=O)C(N)CCC(=O)O)C(=O)O. The van der Waals surface area contributed by atoms with Crippen molar-refractivity contribution in [1.82, 2.24) is 16.0 Å². The highest BCUT2D eigenvalue weighted by Gasteiger charge is 2.30. The molecule has 0 fully saturated rings. The number of nitrogens with two attached hydrogens (primary N) is 1. The summed E-state index contributed by atoms with van der Waals surface area (Å²) in [5.41, 5.74) is 6.32. The molecule has 0 aliphatic carbocycles. The number of carboxylic acids is 2. The van der Waals surface area contributed by atoms with Crippen LogP contribution in [0.5, 0.6) is 5.75 Å². The van der Waals surface area contributed by atoms with E-state index in [0.717, 1.165) is 0 Å². The van der Waals surface area contributed by atoms with Gasteiger partial charge in [0.05, 0.1) is 6.04 Å². The summed E-state index contributed by atoms with van der Waals surface area (Å²) in [6.07, 6.45) is -0.340. The number of rotatable bonds is 15. The predicted molar refractivity (Wildman–Crippen MR) is 133 cm³/mol. The molecule has 1 rings (SSSR count). The van der Waals surface area contributed by atoms with Gasteiger partial charge in [-0.2, -0.15) is 12.6 Å². The first-order valence-electron chi connectivity index (χ1n) is 11.3. The molecule has 0 aliphatic heterocycles. The van der Waals surface area contributed by atoms with Gasteiger partial charge in [0.15, 0.2) is 0 Å². The number of aliphatic carboxylic acids is 2. The summed E-state index contributed by atoms with van der Waals surface area (Å²) in [6.45, 7) is 3.61. The van der Waals surface area contributed by atoms with E-state index in [1.165, 1.54) is 24.3 Å². The molecular weight excluding hydrogens is 492 g/mol. The summed E-state index contributed by atoms with van der Waals surface area (Å²) < 4.78 is 0. The summed E-state index contributed by atoms with van der Waals surface area (Å²) in [4.78, 5) is 60.5. The van der Waals surface area contributed by atoms with Crippen molar-refractivity contribution < 1.29 is 39.3 Å². The summed E-state index contributed by atoms with van der Waals surface area (Å²) in [7, 11) is 0. The molecule has 8 N–H and O–H groups in total. The highest BCUT2D eigenvalue weighted by Crippen LogP contribution is 2.12. The molecule has 1 aromatic rings. The van der Waals surface area contributed by atoms with Crippen molar-refractivity contribution in [3.05, 3.63) is 29.8 Å². The molecule has 0 heterocycles. The second-order valence-electron chi connectivity index (χ2n) is 8.74. The zero-order chi connectivity index (χ0) is 27.4. The summed E-state index contributed by atoms with van der Waals surface area (Å²) in [6, 6.07) is 1.12. The first kappa shape index (κ1) is 30.7. The third kappa shape index (κ3) is 11.0. The lowest BCUT2D eigenvalue weighted by molar-refractivity contribution is -0.142. The number of hydrogen-bond acceptors (Lipinski definition) is 8. The monoisotopic (exact) mass is 526 g/mol. The number of aromatic hydroxyl groups is 1. The van der Waals surface area contributed by atoms with Crippen molar-refractivity contribution in [3.8, 4) is 5.75 Å². The Labute approximate surface area is 214 Å². The third-order valence-corrected chi connectivity index (χ3v) is 5.52. The van der Waals surface area contributed by atoms with Crippen molar-refractivity contribution in [2.45, 2.75) is 63.7 Å². The zero-order valence-electron chi connectivity index (χ0n) is 20.1. The molecule has 1 aromatic carbocycles. The lowest BCUT2D eigenvalue weighted by Crippen LogP contribution is -2.58. The molecular formula is C23H34N4O8S. The number of hydrogen-bond donors (Lipinski definition) is 8. The van der Waals surface area contributed by atoms with Crippen molar-refractivity contribution in [2.75, 3.05) is 5.75 Å². The fourth-order valence-electron chi connectivity index (χ4n) is 3.20. The molecule has 13 heteroatoms. The average Bonchev–Trinajstić information content (AvgIpc) is 2.80. The standard InChI is InChI=1S/C23H34N4O8S/c1-12(2)9-17(23(34)35)26-22(33)18(11-36)27-21(32)16(10-13-3-5-14(28)6-4-13)25-20(31)15(24)7-8-19(29)30/h3-6,12,15-18,28,36H,7-11,24H2,1-2H3,(H,25,31)(H,26,33)(H,27,32)(H,29,30)(H,34,35). The Morgan fingerprint density at radius 1 is 0.889 bits per heavy atom. The van der Waals surface area contributed by atoms with Crippen molar-refractivity contribution in [2.24, 2.45) is 11.7 Å². The maximum absolute atomic E-state index is 13.1. The molecule has 12 nitrogen and oxygen atoms in total. The van der Waals surface area contributed by atoms with E-state index in [2.05, 4.69) is 28.6 Å². The number of phenolic OH excluding ortho intramolecular Hbond substituents is 1. The van der Waals surface area contributed by atoms with Crippen LogP contribution in [0.15, 0.2) is 24.3 Å². The number of carbonyl (C=O) groups excluding carboxylic acids is 3. The number of carbonyl (C=O) groups is 5. The van der Waals surface area contributed by atoms with Gasteiger partial charge in [0.25, 0.3) is 0 Å². The Balaban J connectivity index is 3.01. The van der Waals surface area contributed by atoms with Crippen LogP contribution in [0, 0.1) is 5.92 Å². The van der Waals surface area contributed by atoms with Gasteiger partial charge in [-0.25, -0.2) is 4.79 Å². The number of benzene rings is 1. The van der Waals surface area contributed by atoms with Gasteiger partial charge in [0.2, 0.25) is 17.7 Å². The highest BCUT2D eigenvalue weighted by molar-refractivity contribution is 7.80. The van der Waals surface area contributed by atoms with Gasteiger partial charge in [-0.15, -0.1) is 0 Å². The van der Waals surface area contributed by atoms with Crippen LogP contribution in [-0.2, 0) is 30.4 Å². The van der Waals surface area contributed by atoms with Crippen LogP contribution >= 0.6 is 12.6 Å². The smallest absolute Gasteiger partial charge is 0.326 e. The van der Waals surface area contributed by atoms with E-state index in [-0.39, 0.29) is 43.1 Å². The van der Waals surface area contributed by atoms with E-state index in [4.69, 9.17) is 10.8 Å². The first-order valence-corrected chi connectivity index (χ1v) is 12.0. The van der Waals surface area contributed by atoms with E-state index < -0.39 is 53.8 Å². The average molecular weight is 527 g/mol. The topological polar surface area (TPSA) is 208 Å². The lowest BCUT2D eigenvalue weighted by Gasteiger charge is -2.25. The Kier molecular flexibility index (Phi) is 12.7. The van der Waals surface area contributed by atoms with E-state index in [1.54, 1.807) is 13.8 Å². The van der Waals surface area contributed by atoms with Crippen LogP contribution < -0.4 is 21.7 Å². The van der Waals surface area contributed by atoms with E-state index in [1.807, 2.05) is 0 Å². The molecule has 3 amide bonds. The van der Waals surface area contributed by atoms with Gasteiger partial charge in [0.1, 0.15) is 23.9 Å². The minimum absolute atomic E-state index is 0.000622. The van der Waals surface area contributed by atoms with Gasteiger partial charge in [-0.1, -0.05) is 26.0 Å². The summed E-state index contributed by atoms with van der Waals surface area (Å²) >= 11 is 4.09. The molecule has 0 spiro atoms. The fourth-order valence-corrected chi connectivity index (χ4v) is 3.45. The lowest BCUT2D eigenvalue weighted by atomic mass is 10.0. The molecule has 0 bridgehead atoms. The Hall–Kier alpha value is -3.32. The van der Waals surface area contributed by atoms with Crippen molar-refractivity contribution in [3.63, 3.8) is 0 Å². The third-order valence-electron chi connectivity index (χ3n) is 5.15. The maximum Gasteiger partial charge on any atom is 0.326 e. The molecule has 0 saturated carbocycles. The van der Waals surface area contributed by atoms with E-state index >= 15 is 0 Å². The van der Waals surface area contributed by atoms with Crippen LogP contribution in [0.25, 0.3) is 0 Å². The maximum atomic E-state index is 13.1. The van der Waals surface area contributed by atoms with E-state index in [9.17, 15) is 34.2 Å². The van der Waals surface area contributed by atoms with E-state index in [0.29, 0.717) is 5.56 Å². The minimum Gasteiger partial charge on any atom is -0.508 e. The summed E-state index contributed by atoms with van der Waals surface area (Å²) in [5, 5.41) is 35.0. The zero-order valence-corrected chi connectivity index (χ0v) is 21.0. The molecule has 4 atom stereocenters. The molecule has 36 heavy (non-hydrogen) atoms. The van der Waals surface area contributed by atoms with Crippen LogP contribution in [0.2, 0.25) is 0 Å². The fraction of sp³-hybridized carbons (Fsp3) is 0.522. The van der Waals surface area contributed by atoms with Gasteiger partial charge in [0, 0.05) is 18.6 Å². The minimum atomic E-state index is -1.21.